The van der Waals surface area contributed by atoms with Gasteiger partial charge in [-0.05, 0) is 37.3 Å². The lowest BCUT2D eigenvalue weighted by Gasteiger charge is -2.21. The van der Waals surface area contributed by atoms with Gasteiger partial charge in [-0.3, -0.25) is 4.79 Å². The van der Waals surface area contributed by atoms with E-state index in [1.54, 1.807) is 42.5 Å². The van der Waals surface area contributed by atoms with Crippen LogP contribution in [0.25, 0.3) is 10.9 Å². The monoisotopic (exact) mass is 347 g/mol. The number of aromatic nitrogens is 2. The number of nitriles is 1. The number of nitrogens with zero attached hydrogens (tertiary/aromatic N) is 3. The minimum atomic E-state index is -0.335. The van der Waals surface area contributed by atoms with Gasteiger partial charge >= 0.3 is 6.03 Å². The predicted molar refractivity (Wildman–Crippen MR) is 98.6 cm³/mol. The van der Waals surface area contributed by atoms with Crippen molar-refractivity contribution in [2.24, 2.45) is 0 Å². The van der Waals surface area contributed by atoms with Crippen LogP contribution in [0.1, 0.15) is 18.3 Å². The number of hydrogen-bond acceptors (Lipinski definition) is 4. The van der Waals surface area contributed by atoms with Crippen LogP contribution in [0.4, 0.5) is 10.5 Å². The first-order chi connectivity index (χ1) is 12.6. The summed E-state index contributed by atoms with van der Waals surface area (Å²) in [6.45, 7) is 2.44. The van der Waals surface area contributed by atoms with Gasteiger partial charge in [0.15, 0.2) is 0 Å². The number of para-hydroxylation sites is 1. The Bertz CT molecular complexity index is 1050. The average Bonchev–Trinajstić information content (AvgIpc) is 2.66. The molecule has 7 nitrogen and oxygen atoms in total. The molecule has 0 atom stereocenters. The standard InChI is InChI=1S/C19H17N5O2/c1-2-24(19(26)21-14-7-5-6-13(10-14)11-20)12-17-22-16-9-4-3-8-15(16)18(25)23-17/h3-10H,2,12H2,1H3,(H,21,26)(H,22,23,25). The summed E-state index contributed by atoms with van der Waals surface area (Å²) in [5.41, 5.74) is 1.35. The highest BCUT2D eigenvalue weighted by Gasteiger charge is 2.14. The third kappa shape index (κ3) is 3.70. The van der Waals surface area contributed by atoms with Crippen LogP contribution >= 0.6 is 0 Å². The Morgan fingerprint density at radius 2 is 2.08 bits per heavy atom. The number of carbonyl (C=O) groups is 1. The van der Waals surface area contributed by atoms with Crippen LogP contribution in [-0.2, 0) is 6.54 Å². The van der Waals surface area contributed by atoms with Crippen molar-refractivity contribution in [3.05, 3.63) is 70.3 Å². The molecule has 0 aliphatic rings. The summed E-state index contributed by atoms with van der Waals surface area (Å²) in [7, 11) is 0. The maximum atomic E-state index is 12.5. The molecule has 0 unspecified atom stereocenters. The smallest absolute Gasteiger partial charge is 0.317 e. The number of aromatic amines is 1. The lowest BCUT2D eigenvalue weighted by Crippen LogP contribution is -2.35. The molecule has 0 aliphatic carbocycles. The fourth-order valence-corrected chi connectivity index (χ4v) is 2.59. The normalized spacial score (nSPS) is 10.3. The lowest BCUT2D eigenvalue weighted by molar-refractivity contribution is 0.211. The van der Waals surface area contributed by atoms with Gasteiger partial charge in [-0.2, -0.15) is 5.26 Å². The van der Waals surface area contributed by atoms with Crippen LogP contribution in [0.2, 0.25) is 0 Å². The summed E-state index contributed by atoms with van der Waals surface area (Å²) >= 11 is 0. The van der Waals surface area contributed by atoms with E-state index in [4.69, 9.17) is 5.26 Å². The van der Waals surface area contributed by atoms with Gasteiger partial charge in [0.1, 0.15) is 5.82 Å². The third-order valence-corrected chi connectivity index (χ3v) is 3.91. The van der Waals surface area contributed by atoms with Gasteiger partial charge in [0.25, 0.3) is 5.56 Å². The third-order valence-electron chi connectivity index (χ3n) is 3.91. The summed E-state index contributed by atoms with van der Waals surface area (Å²) < 4.78 is 0. The van der Waals surface area contributed by atoms with Crippen molar-refractivity contribution in [1.29, 1.82) is 5.26 Å². The number of anilines is 1. The van der Waals surface area contributed by atoms with Gasteiger partial charge in [-0.25, -0.2) is 9.78 Å². The van der Waals surface area contributed by atoms with E-state index < -0.39 is 0 Å². The van der Waals surface area contributed by atoms with E-state index in [1.165, 1.54) is 4.90 Å². The first-order valence-corrected chi connectivity index (χ1v) is 8.14. The summed E-state index contributed by atoms with van der Waals surface area (Å²) in [4.78, 5) is 33.3. The molecule has 0 radical (unpaired) electrons. The van der Waals surface area contributed by atoms with Crippen LogP contribution < -0.4 is 10.9 Å². The second-order valence-electron chi connectivity index (χ2n) is 5.67. The molecule has 0 saturated carbocycles. The van der Waals surface area contributed by atoms with Crippen molar-refractivity contribution in [3.63, 3.8) is 0 Å². The molecule has 1 aromatic heterocycles. The van der Waals surface area contributed by atoms with Crippen LogP contribution in [0.3, 0.4) is 0 Å². The second kappa shape index (κ2) is 7.49. The SMILES string of the molecule is CCN(Cc1nc2ccccc2c(=O)[nH]1)C(=O)Nc1cccc(C#N)c1. The van der Waals surface area contributed by atoms with E-state index in [2.05, 4.69) is 15.3 Å². The topological polar surface area (TPSA) is 102 Å². The van der Waals surface area contributed by atoms with Gasteiger partial charge < -0.3 is 15.2 Å². The summed E-state index contributed by atoms with van der Waals surface area (Å²) in [5, 5.41) is 12.2. The Balaban J connectivity index is 1.79. The number of amides is 2. The number of rotatable bonds is 4. The van der Waals surface area contributed by atoms with Gasteiger partial charge in [0.05, 0.1) is 29.1 Å². The van der Waals surface area contributed by atoms with Crippen LogP contribution in [-0.4, -0.2) is 27.4 Å². The molecule has 0 aliphatic heterocycles. The van der Waals surface area contributed by atoms with Crippen LogP contribution in [0, 0.1) is 11.3 Å². The summed E-state index contributed by atoms with van der Waals surface area (Å²) in [6.07, 6.45) is 0. The molecule has 3 aromatic rings. The average molecular weight is 347 g/mol. The molecule has 3 rings (SSSR count). The minimum absolute atomic E-state index is 0.167. The molecule has 0 bridgehead atoms. The van der Waals surface area contributed by atoms with E-state index in [0.29, 0.717) is 34.5 Å². The Labute approximate surface area is 149 Å². The molecule has 2 amide bonds. The quantitative estimate of drug-likeness (QED) is 0.757. The number of fused-ring (bicyclic) bond motifs is 1. The fraction of sp³-hybridized carbons (Fsp3) is 0.158. The van der Waals surface area contributed by atoms with E-state index in [9.17, 15) is 9.59 Å². The number of urea groups is 1. The first-order valence-electron chi connectivity index (χ1n) is 8.14. The number of hydrogen-bond donors (Lipinski definition) is 2. The highest BCUT2D eigenvalue weighted by atomic mass is 16.2. The zero-order chi connectivity index (χ0) is 18.5. The molecular formula is C19H17N5O2. The van der Waals surface area contributed by atoms with Crippen molar-refractivity contribution in [2.75, 3.05) is 11.9 Å². The number of H-pyrrole nitrogens is 1. The first kappa shape index (κ1) is 17.2. The zero-order valence-electron chi connectivity index (χ0n) is 14.2. The maximum absolute atomic E-state index is 12.5. The Morgan fingerprint density at radius 1 is 1.27 bits per heavy atom. The largest absolute Gasteiger partial charge is 0.322 e. The molecule has 0 fully saturated rings. The van der Waals surface area contributed by atoms with Gasteiger partial charge in [-0.15, -0.1) is 0 Å². The van der Waals surface area contributed by atoms with Crippen LogP contribution in [0.5, 0.6) is 0 Å². The van der Waals surface area contributed by atoms with Crippen molar-refractivity contribution in [1.82, 2.24) is 14.9 Å². The zero-order valence-corrected chi connectivity index (χ0v) is 14.2. The van der Waals surface area contributed by atoms with E-state index in [0.717, 1.165) is 0 Å². The number of nitrogens with one attached hydrogen (secondary N) is 2. The minimum Gasteiger partial charge on any atom is -0.317 e. The molecule has 130 valence electrons. The number of benzene rings is 2. The summed E-state index contributed by atoms with van der Waals surface area (Å²) in [6, 6.07) is 15.4. The molecule has 7 heteroatoms. The van der Waals surface area contributed by atoms with Crippen molar-refractivity contribution >= 4 is 22.6 Å². The van der Waals surface area contributed by atoms with Crippen molar-refractivity contribution < 1.29 is 4.79 Å². The Hall–Kier alpha value is -3.66. The highest BCUT2D eigenvalue weighted by molar-refractivity contribution is 5.89. The van der Waals surface area contributed by atoms with E-state index >= 15 is 0 Å². The van der Waals surface area contributed by atoms with E-state index in [-0.39, 0.29) is 18.1 Å². The van der Waals surface area contributed by atoms with Gasteiger partial charge in [0.2, 0.25) is 0 Å². The van der Waals surface area contributed by atoms with E-state index in [1.807, 2.05) is 19.1 Å². The molecule has 0 saturated heterocycles. The predicted octanol–water partition coefficient (Wildman–Crippen LogP) is 2.85. The molecule has 0 spiro atoms. The summed E-state index contributed by atoms with van der Waals surface area (Å²) in [5.74, 6) is 0.413. The molecule has 2 aromatic carbocycles. The lowest BCUT2D eigenvalue weighted by atomic mass is 10.2. The highest BCUT2D eigenvalue weighted by Crippen LogP contribution is 2.12. The Morgan fingerprint density at radius 3 is 2.85 bits per heavy atom. The second-order valence-corrected chi connectivity index (χ2v) is 5.67. The van der Waals surface area contributed by atoms with Crippen molar-refractivity contribution in [3.8, 4) is 6.07 Å². The molecular weight excluding hydrogens is 330 g/mol. The molecule has 1 heterocycles. The van der Waals surface area contributed by atoms with Gasteiger partial charge in [0, 0.05) is 12.2 Å². The van der Waals surface area contributed by atoms with Gasteiger partial charge in [-0.1, -0.05) is 18.2 Å². The molecule has 26 heavy (non-hydrogen) atoms. The maximum Gasteiger partial charge on any atom is 0.322 e. The van der Waals surface area contributed by atoms with Crippen molar-refractivity contribution in [2.45, 2.75) is 13.5 Å². The Kier molecular flexibility index (Phi) is 4.94. The fourth-order valence-electron chi connectivity index (χ4n) is 2.59. The van der Waals surface area contributed by atoms with Crippen LogP contribution in [0.15, 0.2) is 53.3 Å². The number of carbonyl (C=O) groups excluding carboxylic acids is 1. The molecule has 2 N–H and O–H groups in total.